The van der Waals surface area contributed by atoms with Gasteiger partial charge in [-0.3, -0.25) is 0 Å². The van der Waals surface area contributed by atoms with Crippen LogP contribution in [0.3, 0.4) is 0 Å². The van der Waals surface area contributed by atoms with Crippen LogP contribution in [0.2, 0.25) is 5.02 Å². The Kier molecular flexibility index (Phi) is 3.74. The summed E-state index contributed by atoms with van der Waals surface area (Å²) in [6.07, 6.45) is 1.51. The van der Waals surface area contributed by atoms with Crippen LogP contribution in [-0.2, 0) is 0 Å². The van der Waals surface area contributed by atoms with Gasteiger partial charge >= 0.3 is 0 Å². The van der Waals surface area contributed by atoms with E-state index in [1.807, 2.05) is 6.92 Å². The number of thiocarbonyl (C=S) groups is 1. The first kappa shape index (κ1) is 12.7. The van der Waals surface area contributed by atoms with E-state index in [0.29, 0.717) is 16.3 Å². The Balaban J connectivity index is 2.34. The molecule has 1 aromatic carbocycles. The molecule has 0 unspecified atom stereocenters. The Morgan fingerprint density at radius 1 is 1.39 bits per heavy atom. The van der Waals surface area contributed by atoms with Crippen molar-refractivity contribution >= 4 is 28.8 Å². The molecule has 4 nitrogen and oxygen atoms in total. The summed E-state index contributed by atoms with van der Waals surface area (Å²) >= 11 is 10.9. The molecule has 0 amide bonds. The summed E-state index contributed by atoms with van der Waals surface area (Å²) in [6.45, 7) is 1.89. The van der Waals surface area contributed by atoms with Gasteiger partial charge in [0.25, 0.3) is 0 Å². The van der Waals surface area contributed by atoms with Gasteiger partial charge in [0.2, 0.25) is 5.88 Å². The van der Waals surface area contributed by atoms with E-state index in [4.69, 9.17) is 34.3 Å². The fourth-order valence-electron chi connectivity index (χ4n) is 1.37. The second kappa shape index (κ2) is 5.29. The van der Waals surface area contributed by atoms with Crippen molar-refractivity contribution in [1.82, 2.24) is 10.2 Å². The summed E-state index contributed by atoms with van der Waals surface area (Å²) in [4.78, 5) is 0.214. The number of nitrogens with two attached hydrogens (primary N) is 1. The Morgan fingerprint density at radius 2 is 2.17 bits per heavy atom. The Labute approximate surface area is 115 Å². The van der Waals surface area contributed by atoms with E-state index < -0.39 is 0 Å². The van der Waals surface area contributed by atoms with Crippen molar-refractivity contribution in [3.05, 3.63) is 46.6 Å². The normalized spacial score (nSPS) is 10.1. The van der Waals surface area contributed by atoms with E-state index >= 15 is 0 Å². The first-order chi connectivity index (χ1) is 8.58. The third-order valence-electron chi connectivity index (χ3n) is 2.30. The molecule has 6 heteroatoms. The van der Waals surface area contributed by atoms with Crippen molar-refractivity contribution in [3.63, 3.8) is 0 Å². The fraction of sp³-hybridized carbons (Fsp3) is 0.0833. The van der Waals surface area contributed by atoms with Crippen LogP contribution < -0.4 is 10.5 Å². The third kappa shape index (κ3) is 2.75. The molecule has 0 saturated heterocycles. The zero-order chi connectivity index (χ0) is 13.1. The van der Waals surface area contributed by atoms with Gasteiger partial charge in [-0.1, -0.05) is 23.8 Å². The van der Waals surface area contributed by atoms with Crippen LogP contribution in [0, 0.1) is 6.92 Å². The van der Waals surface area contributed by atoms with Gasteiger partial charge in [-0.25, -0.2) is 0 Å². The number of rotatable bonds is 3. The second-order valence-corrected chi connectivity index (χ2v) is 4.47. The van der Waals surface area contributed by atoms with Crippen LogP contribution >= 0.6 is 23.8 Å². The minimum atomic E-state index is 0.214. The van der Waals surface area contributed by atoms with Crippen molar-refractivity contribution in [1.29, 1.82) is 0 Å². The molecule has 0 aliphatic rings. The molecule has 1 heterocycles. The third-order valence-corrected chi connectivity index (χ3v) is 2.94. The van der Waals surface area contributed by atoms with E-state index in [2.05, 4.69) is 10.2 Å². The SMILES string of the molecule is Cc1cc(Oc2nnccc2C(N)=S)ccc1Cl. The van der Waals surface area contributed by atoms with E-state index in [-0.39, 0.29) is 10.9 Å². The summed E-state index contributed by atoms with van der Waals surface area (Å²) < 4.78 is 5.61. The monoisotopic (exact) mass is 279 g/mol. The molecule has 2 aromatic rings. The fourth-order valence-corrected chi connectivity index (χ4v) is 1.65. The van der Waals surface area contributed by atoms with Crippen LogP contribution in [0.25, 0.3) is 0 Å². The van der Waals surface area contributed by atoms with Gasteiger partial charge in [-0.15, -0.1) is 5.10 Å². The van der Waals surface area contributed by atoms with Crippen LogP contribution in [0.4, 0.5) is 0 Å². The first-order valence-corrected chi connectivity index (χ1v) is 5.92. The minimum absolute atomic E-state index is 0.214. The van der Waals surface area contributed by atoms with Crippen molar-refractivity contribution in [2.24, 2.45) is 5.73 Å². The average molecular weight is 280 g/mol. The number of nitrogens with zero attached hydrogens (tertiary/aromatic N) is 2. The molecule has 0 aliphatic heterocycles. The molecule has 2 N–H and O–H groups in total. The summed E-state index contributed by atoms with van der Waals surface area (Å²) in [5, 5.41) is 8.30. The maximum absolute atomic E-state index is 5.94. The smallest absolute Gasteiger partial charge is 0.249 e. The molecular weight excluding hydrogens is 270 g/mol. The van der Waals surface area contributed by atoms with Gasteiger partial charge in [0.05, 0.1) is 11.8 Å². The van der Waals surface area contributed by atoms with Crippen LogP contribution in [0.15, 0.2) is 30.5 Å². The number of hydrogen-bond acceptors (Lipinski definition) is 4. The predicted molar refractivity (Wildman–Crippen MR) is 74.2 cm³/mol. The molecule has 1 aromatic heterocycles. The maximum Gasteiger partial charge on any atom is 0.249 e. The molecule has 0 bridgehead atoms. The number of halogens is 1. The quantitative estimate of drug-likeness (QED) is 0.876. The first-order valence-electron chi connectivity index (χ1n) is 5.13. The van der Waals surface area contributed by atoms with Crippen molar-refractivity contribution < 1.29 is 4.74 Å². The lowest BCUT2D eigenvalue weighted by atomic mass is 10.2. The van der Waals surface area contributed by atoms with Gasteiger partial charge in [0, 0.05) is 5.02 Å². The summed E-state index contributed by atoms with van der Waals surface area (Å²) in [7, 11) is 0. The lowest BCUT2D eigenvalue weighted by Crippen LogP contribution is -2.12. The number of hydrogen-bond donors (Lipinski definition) is 1. The molecule has 0 fully saturated rings. The summed E-state index contributed by atoms with van der Waals surface area (Å²) in [5.41, 5.74) is 7.05. The van der Waals surface area contributed by atoms with Crippen LogP contribution in [0.1, 0.15) is 11.1 Å². The zero-order valence-electron chi connectivity index (χ0n) is 9.55. The largest absolute Gasteiger partial charge is 0.437 e. The van der Waals surface area contributed by atoms with Crippen molar-refractivity contribution in [2.45, 2.75) is 6.92 Å². The minimum Gasteiger partial charge on any atom is -0.437 e. The zero-order valence-corrected chi connectivity index (χ0v) is 11.1. The highest BCUT2D eigenvalue weighted by molar-refractivity contribution is 7.80. The van der Waals surface area contributed by atoms with Crippen molar-refractivity contribution in [2.75, 3.05) is 0 Å². The van der Waals surface area contributed by atoms with E-state index in [1.54, 1.807) is 24.3 Å². The standard InChI is InChI=1S/C12H10ClN3OS/c1-7-6-8(2-3-10(7)13)17-12-9(11(14)18)4-5-15-16-12/h2-6H,1H3,(H2,14,18). The van der Waals surface area contributed by atoms with Gasteiger partial charge in [0.1, 0.15) is 10.7 Å². The highest BCUT2D eigenvalue weighted by atomic mass is 35.5. The highest BCUT2D eigenvalue weighted by Crippen LogP contribution is 2.26. The number of benzene rings is 1. The molecule has 0 radical (unpaired) electrons. The topological polar surface area (TPSA) is 61.0 Å². The Bertz CT molecular complexity index is 604. The second-order valence-electron chi connectivity index (χ2n) is 3.63. The van der Waals surface area contributed by atoms with Crippen LogP contribution in [0.5, 0.6) is 11.6 Å². The van der Waals surface area contributed by atoms with Gasteiger partial charge < -0.3 is 10.5 Å². The molecule has 0 aliphatic carbocycles. The van der Waals surface area contributed by atoms with Gasteiger partial charge in [0.15, 0.2) is 0 Å². The average Bonchev–Trinajstić information content (AvgIpc) is 2.34. The molecule has 92 valence electrons. The van der Waals surface area contributed by atoms with E-state index in [9.17, 15) is 0 Å². The molecule has 0 spiro atoms. The van der Waals surface area contributed by atoms with E-state index in [1.165, 1.54) is 6.20 Å². The lowest BCUT2D eigenvalue weighted by molar-refractivity contribution is 0.454. The highest BCUT2D eigenvalue weighted by Gasteiger charge is 2.09. The van der Waals surface area contributed by atoms with Crippen molar-refractivity contribution in [3.8, 4) is 11.6 Å². The maximum atomic E-state index is 5.94. The molecule has 18 heavy (non-hydrogen) atoms. The molecule has 0 atom stereocenters. The summed E-state index contributed by atoms with van der Waals surface area (Å²) in [6, 6.07) is 6.96. The number of aryl methyl sites for hydroxylation is 1. The summed E-state index contributed by atoms with van der Waals surface area (Å²) in [5.74, 6) is 0.890. The van der Waals surface area contributed by atoms with Gasteiger partial charge in [-0.2, -0.15) is 5.10 Å². The van der Waals surface area contributed by atoms with Gasteiger partial charge in [-0.05, 0) is 36.8 Å². The van der Waals surface area contributed by atoms with E-state index in [0.717, 1.165) is 5.56 Å². The molecule has 2 rings (SSSR count). The Hall–Kier alpha value is -1.72. The number of aromatic nitrogens is 2. The predicted octanol–water partition coefficient (Wildman–Crippen LogP) is 2.86. The molecule has 0 saturated carbocycles. The Morgan fingerprint density at radius 3 is 2.83 bits per heavy atom. The van der Waals surface area contributed by atoms with Crippen LogP contribution in [-0.4, -0.2) is 15.2 Å². The number of ether oxygens (including phenoxy) is 1. The lowest BCUT2D eigenvalue weighted by Gasteiger charge is -2.08. The molecular formula is C12H10ClN3OS.